The van der Waals surface area contributed by atoms with Crippen LogP contribution in [0.15, 0.2) is 97.1 Å². The molecule has 2 N–H and O–H groups in total. The highest BCUT2D eigenvalue weighted by Crippen LogP contribution is 2.37. The minimum absolute atomic E-state index is 0.00262. The number of nitrogens with one attached hydrogen (secondary N) is 1. The number of carbonyl (C=O) groups excluding carboxylic acids is 2. The summed E-state index contributed by atoms with van der Waals surface area (Å²) < 4.78 is 70.3. The standard InChI is InChI=1S/C39H39ClF3NO5S/c1-25(27-11-13-29(14-12-27)35(45)6-5-23-50(47,48)49)36(30-9-7-26(8-10-30)21-22-38(2,3)4)37(46)44-32-18-15-28(16-19-32)33-20-17-31(24-34(33)40)39(41,42)43/h7-22,24-25,36H,5-6,23H2,1-4H3,(H,44,46)(H,47,48,49)/b22-21+. The van der Waals surface area contributed by atoms with Crippen LogP contribution in [0, 0.1) is 5.41 Å². The molecule has 0 aromatic heterocycles. The van der Waals surface area contributed by atoms with Gasteiger partial charge in [-0.3, -0.25) is 14.1 Å². The molecule has 0 aliphatic carbocycles. The third-order valence-electron chi connectivity index (χ3n) is 8.18. The molecule has 0 heterocycles. The maximum absolute atomic E-state index is 14.0. The van der Waals surface area contributed by atoms with Gasteiger partial charge in [-0.25, -0.2) is 0 Å². The van der Waals surface area contributed by atoms with Crippen LogP contribution in [0.3, 0.4) is 0 Å². The van der Waals surface area contributed by atoms with Crippen molar-refractivity contribution in [2.45, 2.75) is 58.5 Å². The topological polar surface area (TPSA) is 101 Å². The Morgan fingerprint density at radius 1 is 0.880 bits per heavy atom. The first kappa shape index (κ1) is 38.6. The molecule has 0 spiro atoms. The first-order valence-electron chi connectivity index (χ1n) is 16.0. The van der Waals surface area contributed by atoms with E-state index in [1.807, 2.05) is 37.3 Å². The summed E-state index contributed by atoms with van der Waals surface area (Å²) in [7, 11) is -4.16. The van der Waals surface area contributed by atoms with Gasteiger partial charge in [-0.1, -0.05) is 118 Å². The molecule has 0 fully saturated rings. The predicted molar refractivity (Wildman–Crippen MR) is 193 cm³/mol. The van der Waals surface area contributed by atoms with Crippen LogP contribution in [0.1, 0.15) is 85.0 Å². The molecular weight excluding hydrogens is 687 g/mol. The molecule has 2 unspecified atom stereocenters. The van der Waals surface area contributed by atoms with Crippen molar-refractivity contribution < 1.29 is 35.7 Å². The maximum Gasteiger partial charge on any atom is 0.416 e. The number of ketones is 1. The fourth-order valence-corrected chi connectivity index (χ4v) is 6.23. The minimum Gasteiger partial charge on any atom is -0.326 e. The number of alkyl halides is 3. The van der Waals surface area contributed by atoms with Crippen molar-refractivity contribution in [3.63, 3.8) is 0 Å². The van der Waals surface area contributed by atoms with Gasteiger partial charge in [-0.15, -0.1) is 0 Å². The van der Waals surface area contributed by atoms with Crippen LogP contribution in [-0.2, 0) is 21.1 Å². The molecule has 11 heteroatoms. The quantitative estimate of drug-likeness (QED) is 0.112. The summed E-state index contributed by atoms with van der Waals surface area (Å²) in [5, 5.41) is 2.94. The van der Waals surface area contributed by atoms with Gasteiger partial charge in [0.2, 0.25) is 5.91 Å². The number of anilines is 1. The molecule has 264 valence electrons. The van der Waals surface area contributed by atoms with E-state index in [2.05, 4.69) is 32.2 Å². The van der Waals surface area contributed by atoms with Crippen molar-refractivity contribution in [1.82, 2.24) is 0 Å². The van der Waals surface area contributed by atoms with Crippen LogP contribution in [0.4, 0.5) is 18.9 Å². The number of halogens is 4. The van der Waals surface area contributed by atoms with E-state index >= 15 is 0 Å². The Morgan fingerprint density at radius 3 is 2.02 bits per heavy atom. The molecular formula is C39H39ClF3NO5S. The molecule has 0 aliphatic rings. The van der Waals surface area contributed by atoms with Crippen molar-refractivity contribution in [1.29, 1.82) is 0 Å². The van der Waals surface area contributed by atoms with E-state index in [1.165, 1.54) is 6.07 Å². The molecule has 0 saturated heterocycles. The Bertz CT molecular complexity index is 1950. The average Bonchev–Trinajstić information content (AvgIpc) is 3.03. The molecule has 4 aromatic carbocycles. The van der Waals surface area contributed by atoms with E-state index in [1.54, 1.807) is 48.5 Å². The molecule has 0 bridgehead atoms. The van der Waals surface area contributed by atoms with E-state index in [0.29, 0.717) is 22.4 Å². The van der Waals surface area contributed by atoms with Gasteiger partial charge in [-0.2, -0.15) is 21.6 Å². The zero-order valence-corrected chi connectivity index (χ0v) is 29.7. The summed E-state index contributed by atoms with van der Waals surface area (Å²) in [5.74, 6) is -2.06. The Labute approximate surface area is 296 Å². The normalized spacial score (nSPS) is 13.6. The lowest BCUT2D eigenvalue weighted by Crippen LogP contribution is -2.25. The summed E-state index contributed by atoms with van der Waals surface area (Å²) in [4.78, 5) is 26.6. The Hall–Kier alpha value is -4.25. The lowest BCUT2D eigenvalue weighted by atomic mass is 9.81. The zero-order chi connectivity index (χ0) is 36.9. The molecule has 4 aromatic rings. The van der Waals surface area contributed by atoms with Gasteiger partial charge >= 0.3 is 6.18 Å². The van der Waals surface area contributed by atoms with Crippen LogP contribution in [-0.4, -0.2) is 30.4 Å². The smallest absolute Gasteiger partial charge is 0.326 e. The molecule has 0 saturated carbocycles. The Kier molecular flexibility index (Phi) is 12.1. The summed E-state index contributed by atoms with van der Waals surface area (Å²) in [6.07, 6.45) is -0.432. The number of amides is 1. The van der Waals surface area contributed by atoms with E-state index in [9.17, 15) is 31.2 Å². The van der Waals surface area contributed by atoms with Crippen LogP contribution in [0.2, 0.25) is 5.02 Å². The number of allylic oxidation sites excluding steroid dienone is 1. The average molecular weight is 726 g/mol. The first-order chi connectivity index (χ1) is 23.3. The number of hydrogen-bond donors (Lipinski definition) is 2. The highest BCUT2D eigenvalue weighted by atomic mass is 35.5. The number of rotatable bonds is 12. The largest absolute Gasteiger partial charge is 0.416 e. The van der Waals surface area contributed by atoms with Gasteiger partial charge in [0.25, 0.3) is 10.1 Å². The Morgan fingerprint density at radius 2 is 1.48 bits per heavy atom. The Balaban J connectivity index is 1.58. The number of carbonyl (C=O) groups is 2. The van der Waals surface area contributed by atoms with E-state index in [4.69, 9.17) is 16.2 Å². The van der Waals surface area contributed by atoms with Crippen LogP contribution in [0.5, 0.6) is 0 Å². The van der Waals surface area contributed by atoms with Gasteiger partial charge in [0.05, 0.1) is 17.2 Å². The van der Waals surface area contributed by atoms with Gasteiger partial charge in [0, 0.05) is 28.3 Å². The third kappa shape index (κ3) is 10.9. The number of Topliss-reactive ketones (excluding diaryl/α,β-unsaturated/α-hetero) is 1. The first-order valence-corrected chi connectivity index (χ1v) is 17.9. The van der Waals surface area contributed by atoms with Crippen molar-refractivity contribution in [2.75, 3.05) is 11.1 Å². The molecule has 2 atom stereocenters. The van der Waals surface area contributed by atoms with E-state index in [0.717, 1.165) is 28.8 Å². The van der Waals surface area contributed by atoms with Gasteiger partial charge < -0.3 is 5.32 Å². The van der Waals surface area contributed by atoms with Crippen molar-refractivity contribution in [2.24, 2.45) is 5.41 Å². The molecule has 4 rings (SSSR count). The van der Waals surface area contributed by atoms with Crippen molar-refractivity contribution >= 4 is 45.2 Å². The molecule has 6 nitrogen and oxygen atoms in total. The summed E-state index contributed by atoms with van der Waals surface area (Å²) in [5.41, 5.74) is 3.56. The van der Waals surface area contributed by atoms with Gasteiger partial charge in [-0.05, 0) is 64.3 Å². The zero-order valence-electron chi connectivity index (χ0n) is 28.1. The van der Waals surface area contributed by atoms with E-state index < -0.39 is 33.5 Å². The SMILES string of the molecule is CC(c1ccc(C(=O)CCCS(=O)(=O)O)cc1)C(C(=O)Nc1ccc(-c2ccc(C(F)(F)F)cc2Cl)cc1)c1ccc(/C=C/C(C)(C)C)cc1. The second kappa shape index (κ2) is 15.7. The van der Waals surface area contributed by atoms with Crippen LogP contribution in [0.25, 0.3) is 17.2 Å². The van der Waals surface area contributed by atoms with Crippen LogP contribution >= 0.6 is 11.6 Å². The molecule has 1 amide bonds. The monoisotopic (exact) mass is 725 g/mol. The maximum atomic E-state index is 14.0. The lowest BCUT2D eigenvalue weighted by Gasteiger charge is -2.25. The second-order valence-electron chi connectivity index (χ2n) is 13.3. The fraction of sp³-hybridized carbons (Fsp3) is 0.282. The molecule has 50 heavy (non-hydrogen) atoms. The van der Waals surface area contributed by atoms with Gasteiger partial charge in [0.1, 0.15) is 0 Å². The lowest BCUT2D eigenvalue weighted by molar-refractivity contribution is -0.137. The molecule has 0 radical (unpaired) electrons. The highest BCUT2D eigenvalue weighted by Gasteiger charge is 2.31. The van der Waals surface area contributed by atoms with Crippen molar-refractivity contribution in [3.05, 3.63) is 130 Å². The van der Waals surface area contributed by atoms with Gasteiger partial charge in [0.15, 0.2) is 5.78 Å². The van der Waals surface area contributed by atoms with Crippen LogP contribution < -0.4 is 5.32 Å². The third-order valence-corrected chi connectivity index (χ3v) is 9.30. The fourth-order valence-electron chi connectivity index (χ4n) is 5.43. The summed E-state index contributed by atoms with van der Waals surface area (Å²) in [6, 6.07) is 24.4. The summed E-state index contributed by atoms with van der Waals surface area (Å²) >= 11 is 6.19. The highest BCUT2D eigenvalue weighted by molar-refractivity contribution is 7.85. The summed E-state index contributed by atoms with van der Waals surface area (Å²) in [6.45, 7) is 8.21. The number of hydrogen-bond acceptors (Lipinski definition) is 4. The molecule has 0 aliphatic heterocycles. The minimum atomic E-state index is -4.51. The second-order valence-corrected chi connectivity index (χ2v) is 15.3. The van der Waals surface area contributed by atoms with E-state index in [-0.39, 0.29) is 40.9 Å². The predicted octanol–water partition coefficient (Wildman–Crippen LogP) is 10.5. The van der Waals surface area contributed by atoms with Crippen molar-refractivity contribution in [3.8, 4) is 11.1 Å². The number of benzene rings is 4.